The van der Waals surface area contributed by atoms with Crippen molar-refractivity contribution in [1.29, 1.82) is 0 Å². The van der Waals surface area contributed by atoms with E-state index in [9.17, 15) is 29.4 Å². The summed E-state index contributed by atoms with van der Waals surface area (Å²) in [5.74, 6) is -2.35. The van der Waals surface area contributed by atoms with Gasteiger partial charge in [0.15, 0.2) is 0 Å². The standard InChI is InChI=1S/C12H12N2O6/c15-7(5-13-9(17)1-2-10(13)18)8(16)6-14-11(19)3-4-12(14)20/h1-4,7-8,15-16H,5-6H2. The summed E-state index contributed by atoms with van der Waals surface area (Å²) in [6.07, 6.45) is 1.31. The Hall–Kier alpha value is -2.32. The van der Waals surface area contributed by atoms with Gasteiger partial charge in [-0.25, -0.2) is 0 Å². The van der Waals surface area contributed by atoms with E-state index in [-0.39, 0.29) is 0 Å². The van der Waals surface area contributed by atoms with Crippen molar-refractivity contribution in [2.24, 2.45) is 0 Å². The van der Waals surface area contributed by atoms with E-state index >= 15 is 0 Å². The summed E-state index contributed by atoms with van der Waals surface area (Å²) in [6, 6.07) is 0. The number of aliphatic hydroxyl groups is 2. The Kier molecular flexibility index (Phi) is 3.77. The fourth-order valence-electron chi connectivity index (χ4n) is 1.84. The second-order valence-electron chi connectivity index (χ2n) is 4.38. The molecule has 20 heavy (non-hydrogen) atoms. The molecule has 0 fully saturated rings. The number of β-amino-alcohol motifs (C(OH)–C–C–N with tert-alkyl or cyclic N) is 2. The Labute approximate surface area is 113 Å². The fourth-order valence-corrected chi connectivity index (χ4v) is 1.84. The summed E-state index contributed by atoms with van der Waals surface area (Å²) in [4.78, 5) is 46.7. The van der Waals surface area contributed by atoms with Crippen LogP contribution in [0.3, 0.4) is 0 Å². The minimum Gasteiger partial charge on any atom is -0.388 e. The van der Waals surface area contributed by atoms with Gasteiger partial charge >= 0.3 is 0 Å². The zero-order chi connectivity index (χ0) is 14.9. The van der Waals surface area contributed by atoms with Crippen LogP contribution >= 0.6 is 0 Å². The normalized spacial score (nSPS) is 21.3. The smallest absolute Gasteiger partial charge is 0.253 e. The second kappa shape index (κ2) is 5.35. The maximum Gasteiger partial charge on any atom is 0.253 e. The number of carbonyl (C=O) groups is 4. The molecule has 2 aliphatic heterocycles. The van der Waals surface area contributed by atoms with E-state index in [1.807, 2.05) is 0 Å². The average molecular weight is 280 g/mol. The number of imide groups is 2. The Morgan fingerprint density at radius 1 is 0.700 bits per heavy atom. The van der Waals surface area contributed by atoms with Crippen molar-refractivity contribution in [2.45, 2.75) is 12.2 Å². The predicted molar refractivity (Wildman–Crippen MR) is 63.7 cm³/mol. The third-order valence-electron chi connectivity index (χ3n) is 2.98. The molecule has 0 aromatic carbocycles. The number of rotatable bonds is 5. The molecular formula is C12H12N2O6. The molecule has 8 nitrogen and oxygen atoms in total. The van der Waals surface area contributed by atoms with Crippen LogP contribution in [0.5, 0.6) is 0 Å². The van der Waals surface area contributed by atoms with Gasteiger partial charge in [-0.05, 0) is 0 Å². The lowest BCUT2D eigenvalue weighted by atomic mass is 10.2. The highest BCUT2D eigenvalue weighted by Gasteiger charge is 2.32. The van der Waals surface area contributed by atoms with Gasteiger partial charge in [-0.15, -0.1) is 0 Å². The molecule has 2 atom stereocenters. The first-order valence-corrected chi connectivity index (χ1v) is 5.83. The molecule has 4 amide bonds. The van der Waals surface area contributed by atoms with Gasteiger partial charge in [-0.1, -0.05) is 0 Å². The number of aliphatic hydroxyl groups excluding tert-OH is 2. The molecule has 8 heteroatoms. The van der Waals surface area contributed by atoms with Crippen molar-refractivity contribution in [2.75, 3.05) is 13.1 Å². The van der Waals surface area contributed by atoms with Gasteiger partial charge in [-0.3, -0.25) is 29.0 Å². The molecule has 0 bridgehead atoms. The van der Waals surface area contributed by atoms with Crippen LogP contribution in [0.2, 0.25) is 0 Å². The van der Waals surface area contributed by atoms with Gasteiger partial charge in [0, 0.05) is 24.3 Å². The molecule has 2 rings (SSSR count). The largest absolute Gasteiger partial charge is 0.388 e. The topological polar surface area (TPSA) is 115 Å². The lowest BCUT2D eigenvalue weighted by Gasteiger charge is -2.25. The number of nitrogens with zero attached hydrogens (tertiary/aromatic N) is 2. The molecule has 2 unspecified atom stereocenters. The van der Waals surface area contributed by atoms with Crippen LogP contribution in [-0.4, -0.2) is 68.9 Å². The maximum atomic E-state index is 11.3. The molecule has 2 N–H and O–H groups in total. The zero-order valence-electron chi connectivity index (χ0n) is 10.3. The molecule has 0 aromatic heterocycles. The average Bonchev–Trinajstić information content (AvgIpc) is 2.88. The minimum absolute atomic E-state index is 0.407. The van der Waals surface area contributed by atoms with E-state index < -0.39 is 48.9 Å². The maximum absolute atomic E-state index is 11.3. The van der Waals surface area contributed by atoms with E-state index in [4.69, 9.17) is 0 Å². The van der Waals surface area contributed by atoms with Crippen molar-refractivity contribution in [3.8, 4) is 0 Å². The van der Waals surface area contributed by atoms with Gasteiger partial charge < -0.3 is 10.2 Å². The van der Waals surface area contributed by atoms with Crippen LogP contribution in [0.1, 0.15) is 0 Å². The monoisotopic (exact) mass is 280 g/mol. The van der Waals surface area contributed by atoms with Crippen LogP contribution in [0, 0.1) is 0 Å². The lowest BCUT2D eigenvalue weighted by Crippen LogP contribution is -2.47. The number of hydrogen-bond donors (Lipinski definition) is 2. The summed E-state index contributed by atoms with van der Waals surface area (Å²) < 4.78 is 0. The summed E-state index contributed by atoms with van der Waals surface area (Å²) in [5, 5.41) is 19.5. The van der Waals surface area contributed by atoms with Crippen molar-refractivity contribution in [3.05, 3.63) is 24.3 Å². The van der Waals surface area contributed by atoms with Crippen molar-refractivity contribution >= 4 is 23.6 Å². The Bertz CT molecular complexity index is 454. The van der Waals surface area contributed by atoms with Crippen LogP contribution < -0.4 is 0 Å². The third kappa shape index (κ3) is 2.65. The molecule has 0 aromatic rings. The molecule has 2 aliphatic rings. The molecule has 0 spiro atoms. The molecule has 2 heterocycles. The Morgan fingerprint density at radius 3 is 1.20 bits per heavy atom. The summed E-state index contributed by atoms with van der Waals surface area (Å²) in [7, 11) is 0. The SMILES string of the molecule is O=C1C=CC(=O)N1CC(O)C(O)CN1C(=O)C=CC1=O. The van der Waals surface area contributed by atoms with E-state index in [1.54, 1.807) is 0 Å². The van der Waals surface area contributed by atoms with Crippen LogP contribution in [-0.2, 0) is 19.2 Å². The lowest BCUT2D eigenvalue weighted by molar-refractivity contribution is -0.144. The number of hydrogen-bond acceptors (Lipinski definition) is 6. The molecule has 0 radical (unpaired) electrons. The van der Waals surface area contributed by atoms with E-state index in [0.29, 0.717) is 0 Å². The van der Waals surface area contributed by atoms with Crippen LogP contribution in [0.4, 0.5) is 0 Å². The van der Waals surface area contributed by atoms with Crippen molar-refractivity contribution in [1.82, 2.24) is 9.80 Å². The zero-order valence-corrected chi connectivity index (χ0v) is 10.3. The number of amides is 4. The quantitative estimate of drug-likeness (QED) is 0.540. The first kappa shape index (κ1) is 14.1. The second-order valence-corrected chi connectivity index (χ2v) is 4.38. The molecule has 0 aliphatic carbocycles. The summed E-state index contributed by atoms with van der Waals surface area (Å²) in [5.41, 5.74) is 0. The van der Waals surface area contributed by atoms with Gasteiger partial charge in [0.05, 0.1) is 25.3 Å². The van der Waals surface area contributed by atoms with Gasteiger partial charge in [0.25, 0.3) is 23.6 Å². The summed E-state index contributed by atoms with van der Waals surface area (Å²) in [6.45, 7) is -0.815. The summed E-state index contributed by atoms with van der Waals surface area (Å²) >= 11 is 0. The van der Waals surface area contributed by atoms with Crippen molar-refractivity contribution < 1.29 is 29.4 Å². The highest BCUT2D eigenvalue weighted by molar-refractivity contribution is 6.13. The van der Waals surface area contributed by atoms with E-state index in [0.717, 1.165) is 34.1 Å². The van der Waals surface area contributed by atoms with Gasteiger partial charge in [0.1, 0.15) is 0 Å². The number of carbonyl (C=O) groups excluding carboxylic acids is 4. The van der Waals surface area contributed by atoms with Gasteiger partial charge in [-0.2, -0.15) is 0 Å². The molecular weight excluding hydrogens is 268 g/mol. The highest BCUT2D eigenvalue weighted by atomic mass is 16.3. The molecule has 0 saturated carbocycles. The van der Waals surface area contributed by atoms with Gasteiger partial charge in [0.2, 0.25) is 0 Å². The molecule has 0 saturated heterocycles. The third-order valence-corrected chi connectivity index (χ3v) is 2.98. The first-order valence-electron chi connectivity index (χ1n) is 5.83. The van der Waals surface area contributed by atoms with Crippen molar-refractivity contribution in [3.63, 3.8) is 0 Å². The van der Waals surface area contributed by atoms with E-state index in [2.05, 4.69) is 0 Å². The molecule has 106 valence electrons. The Balaban J connectivity index is 1.91. The van der Waals surface area contributed by atoms with E-state index in [1.165, 1.54) is 0 Å². The predicted octanol–water partition coefficient (Wildman–Crippen LogP) is -2.44. The minimum atomic E-state index is -1.45. The Morgan fingerprint density at radius 2 is 0.950 bits per heavy atom. The fraction of sp³-hybridized carbons (Fsp3) is 0.333. The van der Waals surface area contributed by atoms with Crippen LogP contribution in [0.15, 0.2) is 24.3 Å². The highest BCUT2D eigenvalue weighted by Crippen LogP contribution is 2.10. The first-order chi connectivity index (χ1) is 9.40. The van der Waals surface area contributed by atoms with Crippen LogP contribution in [0.25, 0.3) is 0 Å².